The average Bonchev–Trinajstić information content (AvgIpc) is 2.46. The molecule has 1 fully saturated rings. The highest BCUT2D eigenvalue weighted by molar-refractivity contribution is 5.76. The highest BCUT2D eigenvalue weighted by Gasteiger charge is 2.21. The SMILES string of the molecule is CC(N)CCC(=O)N1CCN(Cc2ccccn2)CC1. The molecule has 0 saturated carbocycles. The molecule has 1 aromatic heterocycles. The Balaban J connectivity index is 1.73. The molecule has 0 aromatic carbocycles. The van der Waals surface area contributed by atoms with Gasteiger partial charge in [0.2, 0.25) is 5.91 Å². The number of aromatic nitrogens is 1. The van der Waals surface area contributed by atoms with Crippen molar-refractivity contribution in [3.8, 4) is 0 Å². The van der Waals surface area contributed by atoms with Crippen LogP contribution in [0.4, 0.5) is 0 Å². The van der Waals surface area contributed by atoms with Crippen molar-refractivity contribution in [3.63, 3.8) is 0 Å². The van der Waals surface area contributed by atoms with Gasteiger partial charge in [-0.25, -0.2) is 0 Å². The first-order chi connectivity index (χ1) is 9.65. The summed E-state index contributed by atoms with van der Waals surface area (Å²) in [5.74, 6) is 0.236. The summed E-state index contributed by atoms with van der Waals surface area (Å²) in [4.78, 5) is 20.6. The number of pyridine rings is 1. The van der Waals surface area contributed by atoms with Gasteiger partial charge in [0.1, 0.15) is 0 Å². The van der Waals surface area contributed by atoms with Crippen LogP contribution in [-0.2, 0) is 11.3 Å². The first kappa shape index (κ1) is 14.9. The van der Waals surface area contributed by atoms with E-state index in [1.54, 1.807) is 0 Å². The van der Waals surface area contributed by atoms with E-state index in [9.17, 15) is 4.79 Å². The van der Waals surface area contributed by atoms with Gasteiger partial charge >= 0.3 is 0 Å². The third-order valence-electron chi connectivity index (χ3n) is 3.65. The Hall–Kier alpha value is -1.46. The van der Waals surface area contributed by atoms with Crippen LogP contribution in [0.5, 0.6) is 0 Å². The minimum atomic E-state index is 0.101. The number of piperazine rings is 1. The fourth-order valence-electron chi connectivity index (χ4n) is 2.39. The Morgan fingerprint density at radius 2 is 2.10 bits per heavy atom. The lowest BCUT2D eigenvalue weighted by molar-refractivity contribution is -0.133. The minimum absolute atomic E-state index is 0.101. The largest absolute Gasteiger partial charge is 0.340 e. The van der Waals surface area contributed by atoms with E-state index < -0.39 is 0 Å². The van der Waals surface area contributed by atoms with Crippen molar-refractivity contribution in [3.05, 3.63) is 30.1 Å². The van der Waals surface area contributed by atoms with E-state index in [0.29, 0.717) is 6.42 Å². The third-order valence-corrected chi connectivity index (χ3v) is 3.65. The number of nitrogens with two attached hydrogens (primary N) is 1. The lowest BCUT2D eigenvalue weighted by Crippen LogP contribution is -2.48. The standard InChI is InChI=1S/C15H24N4O/c1-13(16)5-6-15(20)19-10-8-18(9-11-19)12-14-4-2-3-7-17-14/h2-4,7,13H,5-6,8-12,16H2,1H3. The zero-order chi connectivity index (χ0) is 14.4. The van der Waals surface area contributed by atoms with Gasteiger partial charge in [-0.3, -0.25) is 14.7 Å². The Morgan fingerprint density at radius 3 is 2.70 bits per heavy atom. The second-order valence-electron chi connectivity index (χ2n) is 5.49. The van der Waals surface area contributed by atoms with Crippen LogP contribution >= 0.6 is 0 Å². The first-order valence-corrected chi connectivity index (χ1v) is 7.31. The van der Waals surface area contributed by atoms with Crippen molar-refractivity contribution in [2.24, 2.45) is 5.73 Å². The van der Waals surface area contributed by atoms with Crippen molar-refractivity contribution in [1.82, 2.24) is 14.8 Å². The molecule has 1 aromatic rings. The lowest BCUT2D eigenvalue weighted by Gasteiger charge is -2.34. The van der Waals surface area contributed by atoms with Crippen molar-refractivity contribution in [1.29, 1.82) is 0 Å². The third kappa shape index (κ3) is 4.58. The molecule has 1 unspecified atom stereocenters. The molecule has 1 atom stereocenters. The second-order valence-corrected chi connectivity index (χ2v) is 5.49. The number of rotatable bonds is 5. The quantitative estimate of drug-likeness (QED) is 0.866. The Labute approximate surface area is 120 Å². The fourth-order valence-corrected chi connectivity index (χ4v) is 2.39. The van der Waals surface area contributed by atoms with E-state index in [4.69, 9.17) is 5.73 Å². The van der Waals surface area contributed by atoms with E-state index in [2.05, 4.69) is 9.88 Å². The predicted molar refractivity (Wildman–Crippen MR) is 79.0 cm³/mol. The molecule has 20 heavy (non-hydrogen) atoms. The van der Waals surface area contributed by atoms with Crippen LogP contribution in [-0.4, -0.2) is 52.9 Å². The molecule has 5 heteroatoms. The molecule has 5 nitrogen and oxygen atoms in total. The van der Waals surface area contributed by atoms with E-state index >= 15 is 0 Å². The topological polar surface area (TPSA) is 62.5 Å². The van der Waals surface area contributed by atoms with Gasteiger partial charge in [-0.1, -0.05) is 6.07 Å². The molecule has 0 radical (unpaired) electrons. The second kappa shape index (κ2) is 7.36. The van der Waals surface area contributed by atoms with Crippen LogP contribution in [0.3, 0.4) is 0 Å². The van der Waals surface area contributed by atoms with Gasteiger partial charge in [-0.05, 0) is 25.5 Å². The summed E-state index contributed by atoms with van der Waals surface area (Å²) in [5.41, 5.74) is 6.78. The Kier molecular flexibility index (Phi) is 5.49. The molecular weight excluding hydrogens is 252 g/mol. The molecular formula is C15H24N4O. The van der Waals surface area contributed by atoms with Crippen LogP contribution in [0.1, 0.15) is 25.5 Å². The number of carbonyl (C=O) groups is 1. The minimum Gasteiger partial charge on any atom is -0.340 e. The molecule has 0 spiro atoms. The highest BCUT2D eigenvalue weighted by atomic mass is 16.2. The van der Waals surface area contributed by atoms with Gasteiger partial charge in [-0.2, -0.15) is 0 Å². The van der Waals surface area contributed by atoms with Crippen LogP contribution in [0.25, 0.3) is 0 Å². The van der Waals surface area contributed by atoms with Gasteiger partial charge < -0.3 is 10.6 Å². The molecule has 1 amide bonds. The molecule has 2 rings (SSSR count). The van der Waals surface area contributed by atoms with E-state index in [1.165, 1.54) is 0 Å². The maximum Gasteiger partial charge on any atom is 0.222 e. The monoisotopic (exact) mass is 276 g/mol. The van der Waals surface area contributed by atoms with Gasteiger partial charge in [0.25, 0.3) is 0 Å². The molecule has 2 heterocycles. The summed E-state index contributed by atoms with van der Waals surface area (Å²) in [6.45, 7) is 6.26. The first-order valence-electron chi connectivity index (χ1n) is 7.31. The molecule has 1 aliphatic heterocycles. The van der Waals surface area contributed by atoms with E-state index in [1.807, 2.05) is 36.2 Å². The molecule has 0 bridgehead atoms. The van der Waals surface area contributed by atoms with E-state index in [-0.39, 0.29) is 11.9 Å². The zero-order valence-corrected chi connectivity index (χ0v) is 12.2. The van der Waals surface area contributed by atoms with E-state index in [0.717, 1.165) is 44.8 Å². The number of amides is 1. The van der Waals surface area contributed by atoms with Gasteiger partial charge in [-0.15, -0.1) is 0 Å². The highest BCUT2D eigenvalue weighted by Crippen LogP contribution is 2.08. The van der Waals surface area contributed by atoms with Crippen molar-refractivity contribution < 1.29 is 4.79 Å². The molecule has 2 N–H and O–H groups in total. The molecule has 1 aliphatic rings. The van der Waals surface area contributed by atoms with Crippen LogP contribution < -0.4 is 5.73 Å². The number of hydrogen-bond donors (Lipinski definition) is 1. The zero-order valence-electron chi connectivity index (χ0n) is 12.2. The summed E-state index contributed by atoms with van der Waals surface area (Å²) in [7, 11) is 0. The predicted octanol–water partition coefficient (Wildman–Crippen LogP) is 0.853. The van der Waals surface area contributed by atoms with Gasteiger partial charge in [0.15, 0.2) is 0 Å². The van der Waals surface area contributed by atoms with Crippen LogP contribution in [0, 0.1) is 0 Å². The molecule has 1 saturated heterocycles. The summed E-state index contributed by atoms with van der Waals surface area (Å²) in [6, 6.07) is 6.08. The summed E-state index contributed by atoms with van der Waals surface area (Å²) < 4.78 is 0. The molecule has 110 valence electrons. The molecule has 0 aliphatic carbocycles. The number of hydrogen-bond acceptors (Lipinski definition) is 4. The normalized spacial score (nSPS) is 18.0. The van der Waals surface area contributed by atoms with Gasteiger partial charge in [0, 0.05) is 51.4 Å². The summed E-state index contributed by atoms with van der Waals surface area (Å²) in [6.07, 6.45) is 3.16. The van der Waals surface area contributed by atoms with Crippen molar-refractivity contribution in [2.45, 2.75) is 32.4 Å². The Morgan fingerprint density at radius 1 is 1.35 bits per heavy atom. The summed E-state index contributed by atoms with van der Waals surface area (Å²) in [5, 5.41) is 0. The summed E-state index contributed by atoms with van der Waals surface area (Å²) >= 11 is 0. The van der Waals surface area contributed by atoms with Crippen LogP contribution in [0.2, 0.25) is 0 Å². The maximum atomic E-state index is 12.0. The smallest absolute Gasteiger partial charge is 0.222 e. The maximum absolute atomic E-state index is 12.0. The average molecular weight is 276 g/mol. The number of nitrogens with zero attached hydrogens (tertiary/aromatic N) is 3. The lowest BCUT2D eigenvalue weighted by atomic mass is 10.1. The number of carbonyl (C=O) groups excluding carboxylic acids is 1. The van der Waals surface area contributed by atoms with Crippen molar-refractivity contribution in [2.75, 3.05) is 26.2 Å². The van der Waals surface area contributed by atoms with Gasteiger partial charge in [0.05, 0.1) is 5.69 Å². The fraction of sp³-hybridized carbons (Fsp3) is 0.600. The van der Waals surface area contributed by atoms with Crippen molar-refractivity contribution >= 4 is 5.91 Å². The van der Waals surface area contributed by atoms with Crippen LogP contribution in [0.15, 0.2) is 24.4 Å². The Bertz CT molecular complexity index is 413.